The standard InChI is InChI=1S/C27H31N7O/c1-32(2)14-5-6-19-16-21(11-13-29-19)34-20-9-10-22(34)18-33(15-12-20)25-17-24(30-31-27(25)28)23-7-3-4-8-26(23)35/h3-4,7-8,11,13,16-17,20,22,35H,9-10,12,14-15,18H2,1-2H3,(H2,28,31)/t20-,22+/m0/s1. The molecule has 8 heteroatoms. The smallest absolute Gasteiger partial charge is 0.169 e. The van der Waals surface area contributed by atoms with Crippen LogP contribution in [-0.4, -0.2) is 71.0 Å². The van der Waals surface area contributed by atoms with Gasteiger partial charge in [0.2, 0.25) is 0 Å². The number of nitrogen functional groups attached to an aromatic ring is 1. The third kappa shape index (κ3) is 4.86. The number of anilines is 3. The molecule has 5 rings (SSSR count). The highest BCUT2D eigenvalue weighted by Crippen LogP contribution is 2.38. The average Bonchev–Trinajstić information content (AvgIpc) is 3.14. The molecule has 2 saturated heterocycles. The number of nitrogens with zero attached hydrogens (tertiary/aromatic N) is 6. The summed E-state index contributed by atoms with van der Waals surface area (Å²) in [6.07, 6.45) is 5.18. The van der Waals surface area contributed by atoms with E-state index in [9.17, 15) is 5.11 Å². The zero-order valence-corrected chi connectivity index (χ0v) is 20.2. The Balaban J connectivity index is 1.40. The van der Waals surface area contributed by atoms with Crippen molar-refractivity contribution in [1.29, 1.82) is 0 Å². The number of fused-ring (bicyclic) bond motifs is 2. The third-order valence-electron chi connectivity index (χ3n) is 6.76. The maximum atomic E-state index is 10.3. The number of aromatic hydroxyl groups is 1. The number of para-hydroxylation sites is 1. The second-order valence-corrected chi connectivity index (χ2v) is 9.48. The minimum atomic E-state index is 0.181. The Morgan fingerprint density at radius 3 is 2.74 bits per heavy atom. The Labute approximate surface area is 206 Å². The number of benzene rings is 1. The van der Waals surface area contributed by atoms with Crippen LogP contribution in [0.3, 0.4) is 0 Å². The summed E-state index contributed by atoms with van der Waals surface area (Å²) < 4.78 is 0. The van der Waals surface area contributed by atoms with Gasteiger partial charge < -0.3 is 20.6 Å². The van der Waals surface area contributed by atoms with Gasteiger partial charge in [-0.25, -0.2) is 4.98 Å². The van der Waals surface area contributed by atoms with E-state index in [2.05, 4.69) is 49.0 Å². The predicted octanol–water partition coefficient (Wildman–Crippen LogP) is 2.99. The van der Waals surface area contributed by atoms with E-state index in [4.69, 9.17) is 5.73 Å². The highest BCUT2D eigenvalue weighted by atomic mass is 16.3. The molecule has 0 saturated carbocycles. The Morgan fingerprint density at radius 2 is 1.91 bits per heavy atom. The topological polar surface area (TPSA) is 94.6 Å². The van der Waals surface area contributed by atoms with E-state index in [1.807, 2.05) is 43.4 Å². The number of hydrogen-bond donors (Lipinski definition) is 2. The minimum Gasteiger partial charge on any atom is -0.507 e. The van der Waals surface area contributed by atoms with E-state index in [1.165, 1.54) is 12.1 Å². The quantitative estimate of drug-likeness (QED) is 0.563. The lowest BCUT2D eigenvalue weighted by molar-refractivity contribution is 0.464. The predicted molar refractivity (Wildman–Crippen MR) is 139 cm³/mol. The number of rotatable bonds is 4. The molecule has 0 unspecified atom stereocenters. The minimum absolute atomic E-state index is 0.181. The van der Waals surface area contributed by atoms with Crippen molar-refractivity contribution in [2.45, 2.75) is 31.3 Å². The highest BCUT2D eigenvalue weighted by Gasteiger charge is 2.38. The first-order valence-electron chi connectivity index (χ1n) is 12.0. The second-order valence-electron chi connectivity index (χ2n) is 9.48. The number of phenolic OH excluding ortho intramolecular Hbond substituents is 1. The van der Waals surface area contributed by atoms with E-state index in [-0.39, 0.29) is 5.75 Å². The summed E-state index contributed by atoms with van der Waals surface area (Å²) in [7, 11) is 4.02. The summed E-state index contributed by atoms with van der Waals surface area (Å²) >= 11 is 0. The fourth-order valence-corrected chi connectivity index (χ4v) is 5.12. The highest BCUT2D eigenvalue weighted by molar-refractivity contribution is 5.74. The van der Waals surface area contributed by atoms with Crippen LogP contribution >= 0.6 is 0 Å². The molecule has 35 heavy (non-hydrogen) atoms. The van der Waals surface area contributed by atoms with Gasteiger partial charge in [0.05, 0.1) is 17.9 Å². The third-order valence-corrected chi connectivity index (χ3v) is 6.76. The molecule has 0 spiro atoms. The summed E-state index contributed by atoms with van der Waals surface area (Å²) in [6, 6.07) is 14.1. The Morgan fingerprint density at radius 1 is 1.09 bits per heavy atom. The van der Waals surface area contributed by atoms with Gasteiger partial charge in [0, 0.05) is 42.6 Å². The first-order chi connectivity index (χ1) is 17.0. The molecule has 2 atom stereocenters. The molecule has 2 fully saturated rings. The van der Waals surface area contributed by atoms with Gasteiger partial charge in [0.15, 0.2) is 5.82 Å². The summed E-state index contributed by atoms with van der Waals surface area (Å²) in [4.78, 5) is 11.4. The van der Waals surface area contributed by atoms with Crippen molar-refractivity contribution >= 4 is 17.2 Å². The molecule has 0 radical (unpaired) electrons. The van der Waals surface area contributed by atoms with E-state index < -0.39 is 0 Å². The average molecular weight is 470 g/mol. The lowest BCUT2D eigenvalue weighted by Gasteiger charge is -2.31. The van der Waals surface area contributed by atoms with Crippen LogP contribution in [0.15, 0.2) is 48.7 Å². The fraction of sp³-hybridized carbons (Fsp3) is 0.370. The second kappa shape index (κ2) is 9.80. The van der Waals surface area contributed by atoms with E-state index >= 15 is 0 Å². The van der Waals surface area contributed by atoms with Crippen molar-refractivity contribution in [3.8, 4) is 28.8 Å². The molecule has 8 nitrogen and oxygen atoms in total. The zero-order chi connectivity index (χ0) is 24.4. The van der Waals surface area contributed by atoms with Crippen LogP contribution in [0.4, 0.5) is 17.2 Å². The molecule has 3 aromatic rings. The monoisotopic (exact) mass is 469 g/mol. The first kappa shape index (κ1) is 22.9. The number of aromatic nitrogens is 3. The van der Waals surface area contributed by atoms with Crippen molar-refractivity contribution in [3.05, 3.63) is 54.4 Å². The number of phenols is 1. The zero-order valence-electron chi connectivity index (χ0n) is 20.2. The molecule has 2 aromatic heterocycles. The molecule has 0 aliphatic carbocycles. The molecule has 0 amide bonds. The van der Waals surface area contributed by atoms with Crippen molar-refractivity contribution in [2.75, 3.05) is 49.3 Å². The van der Waals surface area contributed by atoms with Crippen LogP contribution in [0.25, 0.3) is 11.3 Å². The van der Waals surface area contributed by atoms with Gasteiger partial charge in [0.25, 0.3) is 0 Å². The van der Waals surface area contributed by atoms with Gasteiger partial charge in [-0.05, 0) is 69.6 Å². The van der Waals surface area contributed by atoms with Crippen molar-refractivity contribution in [3.63, 3.8) is 0 Å². The molecular formula is C27H31N7O. The molecule has 1 aromatic carbocycles. The van der Waals surface area contributed by atoms with Crippen LogP contribution in [0.5, 0.6) is 5.75 Å². The molecule has 4 heterocycles. The molecule has 180 valence electrons. The van der Waals surface area contributed by atoms with Crippen LogP contribution in [-0.2, 0) is 0 Å². The summed E-state index contributed by atoms with van der Waals surface area (Å²) in [5.41, 5.74) is 10.4. The van der Waals surface area contributed by atoms with Crippen LogP contribution in [0.1, 0.15) is 25.0 Å². The van der Waals surface area contributed by atoms with Gasteiger partial charge in [-0.1, -0.05) is 18.1 Å². The molecule has 2 bridgehead atoms. The fourth-order valence-electron chi connectivity index (χ4n) is 5.12. The van der Waals surface area contributed by atoms with Gasteiger partial charge in [0.1, 0.15) is 11.4 Å². The lowest BCUT2D eigenvalue weighted by Crippen LogP contribution is -2.39. The van der Waals surface area contributed by atoms with E-state index in [0.717, 1.165) is 37.3 Å². The van der Waals surface area contributed by atoms with Crippen LogP contribution in [0, 0.1) is 11.8 Å². The van der Waals surface area contributed by atoms with Crippen molar-refractivity contribution in [2.24, 2.45) is 0 Å². The van der Waals surface area contributed by atoms with Crippen LogP contribution in [0.2, 0.25) is 0 Å². The van der Waals surface area contributed by atoms with E-state index in [0.29, 0.717) is 35.7 Å². The summed E-state index contributed by atoms with van der Waals surface area (Å²) in [5.74, 6) is 6.97. The summed E-state index contributed by atoms with van der Waals surface area (Å²) in [5, 5.41) is 18.8. The van der Waals surface area contributed by atoms with Crippen LogP contribution < -0.4 is 15.5 Å². The van der Waals surface area contributed by atoms with Crippen molar-refractivity contribution in [1.82, 2.24) is 20.1 Å². The number of hydrogen-bond acceptors (Lipinski definition) is 8. The molecular weight excluding hydrogens is 438 g/mol. The molecule has 2 aliphatic rings. The van der Waals surface area contributed by atoms with Crippen molar-refractivity contribution < 1.29 is 5.11 Å². The molecule has 3 N–H and O–H groups in total. The largest absolute Gasteiger partial charge is 0.507 e. The number of pyridine rings is 1. The van der Waals surface area contributed by atoms with Gasteiger partial charge in [-0.2, -0.15) is 0 Å². The number of nitrogens with two attached hydrogens (primary N) is 1. The molecule has 2 aliphatic heterocycles. The first-order valence-corrected chi connectivity index (χ1v) is 12.0. The normalized spacial score (nSPS) is 19.4. The van der Waals surface area contributed by atoms with Gasteiger partial charge >= 0.3 is 0 Å². The maximum Gasteiger partial charge on any atom is 0.169 e. The SMILES string of the molecule is CN(C)CC#Cc1cc(N2[C@H]3CC[C@@H]2CN(c2cc(-c4ccccc4O)nnc2N)CC3)ccn1. The Hall–Kier alpha value is -3.83. The summed E-state index contributed by atoms with van der Waals surface area (Å²) in [6.45, 7) is 2.44. The van der Waals surface area contributed by atoms with E-state index in [1.54, 1.807) is 12.1 Å². The maximum absolute atomic E-state index is 10.3. The lowest BCUT2D eigenvalue weighted by atomic mass is 10.1. The van der Waals surface area contributed by atoms with Gasteiger partial charge in [-0.15, -0.1) is 10.2 Å². The Kier molecular flexibility index (Phi) is 6.43. The Bertz CT molecular complexity index is 1270. The van der Waals surface area contributed by atoms with Gasteiger partial charge in [-0.3, -0.25) is 4.90 Å².